The highest BCUT2D eigenvalue weighted by molar-refractivity contribution is 7.80. The maximum Gasteiger partial charge on any atom is 0.252 e. The quantitative estimate of drug-likeness (QED) is 0.764. The Morgan fingerprint density at radius 2 is 2.10 bits per heavy atom. The van der Waals surface area contributed by atoms with Gasteiger partial charge < -0.3 is 15.6 Å². The van der Waals surface area contributed by atoms with Crippen LogP contribution in [-0.2, 0) is 0 Å². The first kappa shape index (κ1) is 13.5. The lowest BCUT2D eigenvalue weighted by atomic mass is 10.3. The van der Waals surface area contributed by atoms with E-state index in [-0.39, 0.29) is 5.56 Å². The van der Waals surface area contributed by atoms with Crippen molar-refractivity contribution in [2.45, 2.75) is 18.8 Å². The lowest BCUT2D eigenvalue weighted by molar-refractivity contribution is 0.291. The first-order valence-corrected chi connectivity index (χ1v) is 7.39. The van der Waals surface area contributed by atoms with E-state index in [1.807, 2.05) is 0 Å². The molecule has 0 amide bonds. The fourth-order valence-corrected chi connectivity index (χ4v) is 2.71. The summed E-state index contributed by atoms with van der Waals surface area (Å²) in [6.45, 7) is 4.15. The monoisotopic (exact) mass is 293 g/mol. The van der Waals surface area contributed by atoms with Crippen molar-refractivity contribution in [2.24, 2.45) is 5.73 Å². The summed E-state index contributed by atoms with van der Waals surface area (Å²) in [6.07, 6.45) is 2.27. The van der Waals surface area contributed by atoms with Crippen LogP contribution in [0.2, 0.25) is 0 Å². The van der Waals surface area contributed by atoms with Crippen LogP contribution in [0.5, 0.6) is 0 Å². The maximum atomic E-state index is 11.7. The molecule has 3 rings (SSSR count). The molecule has 1 aliphatic heterocycles. The van der Waals surface area contributed by atoms with Crippen LogP contribution in [0, 0.1) is 0 Å². The van der Waals surface area contributed by atoms with Gasteiger partial charge in [-0.2, -0.15) is 0 Å². The van der Waals surface area contributed by atoms with Gasteiger partial charge in [-0.3, -0.25) is 9.69 Å². The fourth-order valence-electron chi connectivity index (χ4n) is 2.53. The van der Waals surface area contributed by atoms with Crippen LogP contribution in [0.3, 0.4) is 0 Å². The summed E-state index contributed by atoms with van der Waals surface area (Å²) in [7, 11) is 0. The molecule has 20 heavy (non-hydrogen) atoms. The number of nitrogens with two attached hydrogens (primary N) is 1. The third-order valence-corrected chi connectivity index (χ3v) is 3.92. The number of anilines is 1. The van der Waals surface area contributed by atoms with Crippen LogP contribution in [0.15, 0.2) is 10.9 Å². The molecule has 2 heterocycles. The molecule has 0 bridgehead atoms. The number of hydrogen-bond acceptors (Lipinski definition) is 5. The van der Waals surface area contributed by atoms with E-state index in [2.05, 4.69) is 19.8 Å². The Morgan fingerprint density at radius 3 is 2.70 bits per heavy atom. The van der Waals surface area contributed by atoms with Crippen LogP contribution in [-0.4, -0.2) is 52.6 Å². The maximum absolute atomic E-state index is 11.7. The van der Waals surface area contributed by atoms with Crippen LogP contribution in [0.1, 0.15) is 24.6 Å². The minimum absolute atomic E-state index is 0.0533. The Bertz CT molecular complexity index is 560. The van der Waals surface area contributed by atoms with Crippen molar-refractivity contribution in [1.29, 1.82) is 0 Å². The highest BCUT2D eigenvalue weighted by Gasteiger charge is 2.27. The van der Waals surface area contributed by atoms with E-state index >= 15 is 0 Å². The number of aromatic nitrogens is 2. The second-order valence-electron chi connectivity index (χ2n) is 5.49. The molecule has 0 aromatic carbocycles. The lowest BCUT2D eigenvalue weighted by Crippen LogP contribution is -2.49. The number of aromatic amines is 1. The third kappa shape index (κ3) is 3.16. The van der Waals surface area contributed by atoms with E-state index in [9.17, 15) is 4.79 Å². The number of nitrogens with zero attached hydrogens (tertiary/aromatic N) is 3. The van der Waals surface area contributed by atoms with Crippen molar-refractivity contribution >= 4 is 23.0 Å². The van der Waals surface area contributed by atoms with Crippen LogP contribution >= 0.6 is 12.2 Å². The van der Waals surface area contributed by atoms with Crippen LogP contribution < -0.4 is 16.2 Å². The van der Waals surface area contributed by atoms with Crippen molar-refractivity contribution in [3.8, 4) is 0 Å². The molecule has 0 atom stereocenters. The van der Waals surface area contributed by atoms with Crippen molar-refractivity contribution < 1.29 is 0 Å². The highest BCUT2D eigenvalue weighted by Crippen LogP contribution is 2.37. The number of rotatable bonds is 4. The van der Waals surface area contributed by atoms with E-state index < -0.39 is 0 Å². The molecule has 2 fully saturated rings. The van der Waals surface area contributed by atoms with Gasteiger partial charge in [0.2, 0.25) is 0 Å². The predicted molar refractivity (Wildman–Crippen MR) is 82.3 cm³/mol. The number of nitrogens with one attached hydrogen (secondary N) is 1. The fraction of sp³-hybridized carbons (Fsp3) is 0.615. The second kappa shape index (κ2) is 5.49. The Morgan fingerprint density at radius 1 is 1.40 bits per heavy atom. The molecular formula is C13H19N5OS. The van der Waals surface area contributed by atoms with Gasteiger partial charge in [-0.05, 0) is 12.8 Å². The SMILES string of the molecule is NC(=S)CN1CCN(c2cc(=O)[nH]c(C3CC3)n2)CC1. The normalized spacial score (nSPS) is 20.1. The zero-order chi connectivity index (χ0) is 14.1. The lowest BCUT2D eigenvalue weighted by Gasteiger charge is -2.35. The second-order valence-corrected chi connectivity index (χ2v) is 6.02. The van der Waals surface area contributed by atoms with Crippen LogP contribution in [0.4, 0.5) is 5.82 Å². The first-order valence-electron chi connectivity index (χ1n) is 6.98. The number of H-pyrrole nitrogens is 1. The molecule has 1 aliphatic carbocycles. The first-order chi connectivity index (χ1) is 9.61. The zero-order valence-electron chi connectivity index (χ0n) is 11.3. The van der Waals surface area contributed by atoms with E-state index in [0.29, 0.717) is 17.5 Å². The predicted octanol–water partition coefficient (Wildman–Crippen LogP) is 0.0554. The summed E-state index contributed by atoms with van der Waals surface area (Å²) in [4.78, 5) is 24.1. The summed E-state index contributed by atoms with van der Waals surface area (Å²) >= 11 is 4.93. The van der Waals surface area contributed by atoms with Gasteiger partial charge in [-0.1, -0.05) is 12.2 Å². The summed E-state index contributed by atoms with van der Waals surface area (Å²) < 4.78 is 0. The molecular weight excluding hydrogens is 274 g/mol. The topological polar surface area (TPSA) is 78.2 Å². The summed E-state index contributed by atoms with van der Waals surface area (Å²) in [5.41, 5.74) is 5.51. The van der Waals surface area contributed by atoms with Gasteiger partial charge in [0, 0.05) is 44.7 Å². The Hall–Kier alpha value is -1.47. The van der Waals surface area contributed by atoms with E-state index in [1.54, 1.807) is 6.07 Å². The van der Waals surface area contributed by atoms with E-state index in [0.717, 1.165) is 50.7 Å². The number of piperazine rings is 1. The van der Waals surface area contributed by atoms with Crippen molar-refractivity contribution in [2.75, 3.05) is 37.6 Å². The zero-order valence-corrected chi connectivity index (χ0v) is 12.2. The Labute approximate surface area is 123 Å². The molecule has 3 N–H and O–H groups in total. The van der Waals surface area contributed by atoms with Gasteiger partial charge in [0.05, 0.1) is 4.99 Å². The average molecular weight is 293 g/mol. The number of hydrogen-bond donors (Lipinski definition) is 2. The van der Waals surface area contributed by atoms with Crippen molar-refractivity contribution in [1.82, 2.24) is 14.9 Å². The highest BCUT2D eigenvalue weighted by atomic mass is 32.1. The van der Waals surface area contributed by atoms with Gasteiger partial charge in [-0.15, -0.1) is 0 Å². The molecule has 0 radical (unpaired) electrons. The largest absolute Gasteiger partial charge is 0.392 e. The molecule has 108 valence electrons. The van der Waals surface area contributed by atoms with Gasteiger partial charge >= 0.3 is 0 Å². The van der Waals surface area contributed by atoms with Gasteiger partial charge in [-0.25, -0.2) is 4.98 Å². The standard InChI is InChI=1S/C13H19N5OS/c14-10(20)8-17-3-5-18(6-4-17)11-7-12(19)16-13(15-11)9-1-2-9/h7,9H,1-6,8H2,(H2,14,20)(H,15,16,19). The Balaban J connectivity index is 1.68. The minimum atomic E-state index is -0.0533. The van der Waals surface area contributed by atoms with Gasteiger partial charge in [0.25, 0.3) is 5.56 Å². The molecule has 0 unspecified atom stereocenters. The molecule has 0 spiro atoms. The molecule has 1 saturated heterocycles. The van der Waals surface area contributed by atoms with Gasteiger partial charge in [0.1, 0.15) is 11.6 Å². The summed E-state index contributed by atoms with van der Waals surface area (Å²) in [6, 6.07) is 1.59. The molecule has 6 nitrogen and oxygen atoms in total. The molecule has 1 aromatic rings. The third-order valence-electron chi connectivity index (χ3n) is 3.79. The van der Waals surface area contributed by atoms with Crippen LogP contribution in [0.25, 0.3) is 0 Å². The molecule has 7 heteroatoms. The minimum Gasteiger partial charge on any atom is -0.392 e. The van der Waals surface area contributed by atoms with Crippen molar-refractivity contribution in [3.05, 3.63) is 22.2 Å². The number of thiocarbonyl (C=S) groups is 1. The van der Waals surface area contributed by atoms with E-state index in [1.165, 1.54) is 0 Å². The van der Waals surface area contributed by atoms with Crippen molar-refractivity contribution in [3.63, 3.8) is 0 Å². The Kier molecular flexibility index (Phi) is 3.71. The van der Waals surface area contributed by atoms with E-state index in [4.69, 9.17) is 18.0 Å². The van der Waals surface area contributed by atoms with Gasteiger partial charge in [0.15, 0.2) is 0 Å². The summed E-state index contributed by atoms with van der Waals surface area (Å²) in [5, 5.41) is 0. The molecule has 1 saturated carbocycles. The smallest absolute Gasteiger partial charge is 0.252 e. The molecule has 1 aromatic heterocycles. The average Bonchev–Trinajstić information content (AvgIpc) is 3.22. The molecule has 2 aliphatic rings. The summed E-state index contributed by atoms with van der Waals surface area (Å²) in [5.74, 6) is 2.10.